The van der Waals surface area contributed by atoms with Gasteiger partial charge in [-0.25, -0.2) is 9.71 Å². The minimum atomic E-state index is -4.20. The standard InChI is InChI=1S/C20H27N5O4S/c1-14-12-20(2,3)25(13-14)18-15(6-5-10-22-18)19(26)24-30(27,28)17-8-4-7-16(23-17)29-11-9-21/h4-8,10,14H,9,11-13,21H2,1-3H3,(H,24,26). The van der Waals surface area contributed by atoms with E-state index in [0.717, 1.165) is 13.0 Å². The molecule has 1 atom stereocenters. The van der Waals surface area contributed by atoms with Crippen LogP contribution in [0.15, 0.2) is 41.6 Å². The van der Waals surface area contributed by atoms with Crippen LogP contribution in [-0.4, -0.2) is 49.5 Å². The number of carbonyl (C=O) groups excluding carboxylic acids is 1. The monoisotopic (exact) mass is 433 g/mol. The maximum Gasteiger partial charge on any atom is 0.281 e. The van der Waals surface area contributed by atoms with Gasteiger partial charge in [0.25, 0.3) is 15.9 Å². The maximum atomic E-state index is 12.9. The van der Waals surface area contributed by atoms with Crippen LogP contribution in [0.1, 0.15) is 37.6 Å². The van der Waals surface area contributed by atoms with Gasteiger partial charge >= 0.3 is 0 Å². The molecular formula is C20H27N5O4S. The third-order valence-corrected chi connectivity index (χ3v) is 6.16. The van der Waals surface area contributed by atoms with Gasteiger partial charge in [0.15, 0.2) is 5.03 Å². The zero-order chi connectivity index (χ0) is 21.9. The van der Waals surface area contributed by atoms with Crippen molar-refractivity contribution in [1.29, 1.82) is 0 Å². The Labute approximate surface area is 176 Å². The molecule has 1 amide bonds. The van der Waals surface area contributed by atoms with E-state index in [-0.39, 0.29) is 35.2 Å². The molecule has 2 aromatic heterocycles. The van der Waals surface area contributed by atoms with Crippen LogP contribution in [0.2, 0.25) is 0 Å². The van der Waals surface area contributed by atoms with Crippen molar-refractivity contribution in [3.8, 4) is 5.88 Å². The Balaban J connectivity index is 1.86. The summed E-state index contributed by atoms with van der Waals surface area (Å²) in [6, 6.07) is 7.48. The topological polar surface area (TPSA) is 128 Å². The van der Waals surface area contributed by atoms with Crippen molar-refractivity contribution in [2.75, 3.05) is 24.6 Å². The van der Waals surface area contributed by atoms with E-state index in [0.29, 0.717) is 11.7 Å². The minimum absolute atomic E-state index is 0.116. The number of ether oxygens (including phenoxy) is 1. The Kier molecular flexibility index (Phi) is 6.27. The third kappa shape index (κ3) is 4.71. The van der Waals surface area contributed by atoms with Crippen LogP contribution in [0, 0.1) is 5.92 Å². The highest BCUT2D eigenvalue weighted by Crippen LogP contribution is 2.37. The van der Waals surface area contributed by atoms with E-state index in [9.17, 15) is 13.2 Å². The Bertz CT molecular complexity index is 1030. The zero-order valence-electron chi connectivity index (χ0n) is 17.3. The smallest absolute Gasteiger partial charge is 0.281 e. The largest absolute Gasteiger partial charge is 0.476 e. The van der Waals surface area contributed by atoms with Gasteiger partial charge in [-0.2, -0.15) is 13.4 Å². The van der Waals surface area contributed by atoms with Gasteiger partial charge in [0.05, 0.1) is 5.56 Å². The van der Waals surface area contributed by atoms with Gasteiger partial charge in [-0.15, -0.1) is 0 Å². The first-order valence-electron chi connectivity index (χ1n) is 9.74. The Morgan fingerprint density at radius 1 is 1.33 bits per heavy atom. The van der Waals surface area contributed by atoms with E-state index in [1.807, 2.05) is 0 Å². The Morgan fingerprint density at radius 3 is 2.77 bits per heavy atom. The molecule has 0 bridgehead atoms. The van der Waals surface area contributed by atoms with Gasteiger partial charge in [0, 0.05) is 30.9 Å². The molecule has 1 aliphatic heterocycles. The van der Waals surface area contributed by atoms with E-state index in [1.54, 1.807) is 18.3 Å². The first-order valence-corrected chi connectivity index (χ1v) is 11.2. The molecule has 3 N–H and O–H groups in total. The summed E-state index contributed by atoms with van der Waals surface area (Å²) in [5.41, 5.74) is 5.38. The second-order valence-corrected chi connectivity index (χ2v) is 9.62. The van der Waals surface area contributed by atoms with E-state index in [2.05, 4.69) is 40.4 Å². The van der Waals surface area contributed by atoms with Crippen LogP contribution < -0.4 is 20.1 Å². The molecule has 162 valence electrons. The van der Waals surface area contributed by atoms with Crippen LogP contribution in [0.3, 0.4) is 0 Å². The van der Waals surface area contributed by atoms with Crippen LogP contribution in [0.4, 0.5) is 5.82 Å². The number of nitrogens with two attached hydrogens (primary N) is 1. The molecule has 1 saturated heterocycles. The quantitative estimate of drug-likeness (QED) is 0.673. The fourth-order valence-electron chi connectivity index (χ4n) is 3.77. The number of hydrogen-bond acceptors (Lipinski definition) is 8. The number of carbonyl (C=O) groups is 1. The molecule has 0 aromatic carbocycles. The molecule has 0 spiro atoms. The van der Waals surface area contributed by atoms with Crippen LogP contribution in [0.5, 0.6) is 5.88 Å². The van der Waals surface area contributed by atoms with Gasteiger partial charge in [-0.05, 0) is 44.4 Å². The lowest BCUT2D eigenvalue weighted by atomic mass is 9.97. The van der Waals surface area contributed by atoms with Gasteiger partial charge in [-0.1, -0.05) is 13.0 Å². The molecular weight excluding hydrogens is 406 g/mol. The number of sulfonamides is 1. The van der Waals surface area contributed by atoms with Gasteiger partial charge in [0.2, 0.25) is 5.88 Å². The molecule has 1 aliphatic rings. The lowest BCUT2D eigenvalue weighted by Crippen LogP contribution is -2.41. The Hall–Kier alpha value is -2.72. The van der Waals surface area contributed by atoms with Crippen molar-refractivity contribution in [2.45, 2.75) is 37.8 Å². The molecule has 30 heavy (non-hydrogen) atoms. The first-order chi connectivity index (χ1) is 14.1. The van der Waals surface area contributed by atoms with Gasteiger partial charge in [-0.3, -0.25) is 4.79 Å². The summed E-state index contributed by atoms with van der Waals surface area (Å²) in [7, 11) is -4.20. The Morgan fingerprint density at radius 2 is 2.10 bits per heavy atom. The summed E-state index contributed by atoms with van der Waals surface area (Å²) in [6.07, 6.45) is 2.54. The summed E-state index contributed by atoms with van der Waals surface area (Å²) in [6.45, 7) is 7.51. The molecule has 3 rings (SSSR count). The highest BCUT2D eigenvalue weighted by Gasteiger charge is 2.39. The number of aromatic nitrogens is 2. The second kappa shape index (κ2) is 8.57. The van der Waals surface area contributed by atoms with E-state index < -0.39 is 15.9 Å². The highest BCUT2D eigenvalue weighted by atomic mass is 32.2. The fraction of sp³-hybridized carbons (Fsp3) is 0.450. The maximum absolute atomic E-state index is 12.9. The molecule has 9 nitrogen and oxygen atoms in total. The van der Waals surface area contributed by atoms with Crippen LogP contribution >= 0.6 is 0 Å². The second-order valence-electron chi connectivity index (χ2n) is 7.99. The van der Waals surface area contributed by atoms with E-state index >= 15 is 0 Å². The fourth-order valence-corrected chi connectivity index (χ4v) is 4.69. The van der Waals surface area contributed by atoms with Crippen molar-refractivity contribution >= 4 is 21.7 Å². The number of amides is 1. The summed E-state index contributed by atoms with van der Waals surface area (Å²) in [5.74, 6) is 0.254. The molecule has 0 saturated carbocycles. The number of anilines is 1. The van der Waals surface area contributed by atoms with Crippen molar-refractivity contribution in [2.24, 2.45) is 11.7 Å². The van der Waals surface area contributed by atoms with Gasteiger partial charge in [0.1, 0.15) is 12.4 Å². The van der Waals surface area contributed by atoms with E-state index in [4.69, 9.17) is 10.5 Å². The average Bonchev–Trinajstić information content (AvgIpc) is 2.98. The predicted octanol–water partition coefficient (Wildman–Crippen LogP) is 1.56. The number of nitrogens with one attached hydrogen (secondary N) is 1. The van der Waals surface area contributed by atoms with Crippen molar-refractivity contribution < 1.29 is 17.9 Å². The summed E-state index contributed by atoms with van der Waals surface area (Å²) in [4.78, 5) is 23.3. The molecule has 2 aromatic rings. The molecule has 0 aliphatic carbocycles. The molecule has 1 unspecified atom stereocenters. The van der Waals surface area contributed by atoms with E-state index in [1.165, 1.54) is 18.2 Å². The highest BCUT2D eigenvalue weighted by molar-refractivity contribution is 7.90. The summed E-state index contributed by atoms with van der Waals surface area (Å²) in [5, 5.41) is -0.314. The summed E-state index contributed by atoms with van der Waals surface area (Å²) < 4.78 is 32.9. The summed E-state index contributed by atoms with van der Waals surface area (Å²) >= 11 is 0. The molecule has 1 fully saturated rings. The number of nitrogens with zero attached hydrogens (tertiary/aromatic N) is 3. The number of hydrogen-bond donors (Lipinski definition) is 2. The van der Waals surface area contributed by atoms with Crippen molar-refractivity contribution in [3.63, 3.8) is 0 Å². The molecule has 3 heterocycles. The van der Waals surface area contributed by atoms with Crippen LogP contribution in [0.25, 0.3) is 0 Å². The third-order valence-electron chi connectivity index (χ3n) is 4.93. The van der Waals surface area contributed by atoms with Gasteiger partial charge < -0.3 is 15.4 Å². The average molecular weight is 434 g/mol. The number of pyridine rings is 2. The normalized spacial score (nSPS) is 18.3. The minimum Gasteiger partial charge on any atom is -0.476 e. The lowest BCUT2D eigenvalue weighted by molar-refractivity contribution is 0.0981. The first kappa shape index (κ1) is 22.0. The van der Waals surface area contributed by atoms with Crippen molar-refractivity contribution in [3.05, 3.63) is 42.1 Å². The van der Waals surface area contributed by atoms with Crippen LogP contribution in [-0.2, 0) is 10.0 Å². The lowest BCUT2D eigenvalue weighted by Gasteiger charge is -2.33. The SMILES string of the molecule is CC1CN(c2ncccc2C(=O)NS(=O)(=O)c2cccc(OCCN)n2)C(C)(C)C1. The van der Waals surface area contributed by atoms with Crippen molar-refractivity contribution in [1.82, 2.24) is 14.7 Å². The predicted molar refractivity (Wildman–Crippen MR) is 113 cm³/mol. The molecule has 10 heteroatoms. The number of rotatable bonds is 7. The zero-order valence-corrected chi connectivity index (χ0v) is 18.1. The molecule has 0 radical (unpaired) electrons.